The summed E-state index contributed by atoms with van der Waals surface area (Å²) in [4.78, 5) is 53.1. The summed E-state index contributed by atoms with van der Waals surface area (Å²) in [5.41, 5.74) is 1.85. The molecule has 3 heterocycles. The molecule has 0 N–H and O–H groups in total. The molecule has 2 aromatic heterocycles. The van der Waals surface area contributed by atoms with Crippen LogP contribution in [-0.2, 0) is 9.53 Å². The highest BCUT2D eigenvalue weighted by atomic mass is 32.2. The molecule has 0 fully saturated rings. The molecule has 46 heavy (non-hydrogen) atoms. The summed E-state index contributed by atoms with van der Waals surface area (Å²) in [5.74, 6) is 0.0226. The van der Waals surface area contributed by atoms with Gasteiger partial charge in [0.2, 0.25) is 0 Å². The first-order valence-corrected chi connectivity index (χ1v) is 15.7. The highest BCUT2D eigenvalue weighted by Crippen LogP contribution is 2.36. The van der Waals surface area contributed by atoms with Gasteiger partial charge in [-0.3, -0.25) is 19.5 Å². The van der Waals surface area contributed by atoms with Gasteiger partial charge in [-0.25, -0.2) is 19.8 Å². The number of nitro groups is 1. The maximum Gasteiger partial charge on any atom is 0.338 e. The Bertz CT molecular complexity index is 2150. The number of fused-ring (bicyclic) bond motifs is 1. The van der Waals surface area contributed by atoms with Crippen LogP contribution in [0.25, 0.3) is 11.8 Å². The van der Waals surface area contributed by atoms with E-state index in [1.165, 1.54) is 10.6 Å². The van der Waals surface area contributed by atoms with Gasteiger partial charge in [-0.2, -0.15) is 0 Å². The highest BCUT2D eigenvalue weighted by Gasteiger charge is 2.35. The van der Waals surface area contributed by atoms with Gasteiger partial charge in [0.05, 0.1) is 45.4 Å². The average molecular weight is 652 g/mol. The molecule has 1 aliphatic heterocycles. The summed E-state index contributed by atoms with van der Waals surface area (Å²) in [6, 6.07) is 21.9. The third-order valence-electron chi connectivity index (χ3n) is 7.03. The number of ether oxygens (including phenoxy) is 2. The number of methoxy groups -OCH3 is 1. The minimum absolute atomic E-state index is 0.133. The Hall–Kier alpha value is -5.40. The van der Waals surface area contributed by atoms with Crippen molar-refractivity contribution < 1.29 is 19.2 Å². The largest absolute Gasteiger partial charge is 0.497 e. The van der Waals surface area contributed by atoms with Crippen molar-refractivity contribution in [3.8, 4) is 5.75 Å². The number of hydrogen-bond donors (Lipinski definition) is 0. The van der Waals surface area contributed by atoms with E-state index >= 15 is 0 Å². The second-order valence-corrected chi connectivity index (χ2v) is 11.8. The van der Waals surface area contributed by atoms with Crippen LogP contribution < -0.4 is 19.6 Å². The van der Waals surface area contributed by atoms with Crippen LogP contribution in [0.3, 0.4) is 0 Å². The number of rotatable bonds is 9. The first-order chi connectivity index (χ1) is 22.4. The predicted octanol–water partition coefficient (Wildman–Crippen LogP) is 4.79. The third kappa shape index (κ3) is 6.10. The molecule has 5 aromatic rings. The zero-order chi connectivity index (χ0) is 32.2. The lowest BCUT2D eigenvalue weighted by atomic mass is 9.93. The zero-order valence-electron chi connectivity index (χ0n) is 24.5. The molecule has 11 nitrogen and oxygen atoms in total. The van der Waals surface area contributed by atoms with Crippen LogP contribution in [0.1, 0.15) is 29.7 Å². The molecule has 13 heteroatoms. The Morgan fingerprint density at radius 2 is 1.80 bits per heavy atom. The summed E-state index contributed by atoms with van der Waals surface area (Å²) >= 11 is 2.21. The van der Waals surface area contributed by atoms with Gasteiger partial charge in [0, 0.05) is 24.0 Å². The van der Waals surface area contributed by atoms with Crippen LogP contribution in [0, 0.1) is 10.1 Å². The van der Waals surface area contributed by atoms with Crippen molar-refractivity contribution in [1.29, 1.82) is 0 Å². The summed E-state index contributed by atoms with van der Waals surface area (Å²) < 4.78 is 12.6. The first kappa shape index (κ1) is 30.6. The SMILES string of the molecule is CCOC(=O)C1=C(c2ccccc2)N=c2s/c(=C/c3ccc(Sc4ncccn4)c([N+](=O)[O-])c3)c(=O)n2[C@@H]1c1ccc(OC)cc1. The van der Waals surface area contributed by atoms with E-state index in [1.807, 2.05) is 30.3 Å². The lowest BCUT2D eigenvalue weighted by Crippen LogP contribution is -2.40. The summed E-state index contributed by atoms with van der Waals surface area (Å²) in [6.07, 6.45) is 4.71. The van der Waals surface area contributed by atoms with Crippen molar-refractivity contribution >= 4 is 46.5 Å². The van der Waals surface area contributed by atoms with Gasteiger partial charge >= 0.3 is 5.97 Å². The molecule has 0 unspecified atom stereocenters. The van der Waals surface area contributed by atoms with Gasteiger partial charge in [0.25, 0.3) is 11.2 Å². The Balaban J connectivity index is 1.54. The average Bonchev–Trinajstić information content (AvgIpc) is 3.39. The molecule has 0 saturated heterocycles. The van der Waals surface area contributed by atoms with E-state index in [4.69, 9.17) is 14.5 Å². The number of aromatic nitrogens is 3. The Morgan fingerprint density at radius 1 is 1.07 bits per heavy atom. The molecule has 0 spiro atoms. The van der Waals surface area contributed by atoms with Crippen LogP contribution in [-0.4, -0.2) is 39.1 Å². The van der Waals surface area contributed by atoms with Gasteiger partial charge in [0.15, 0.2) is 9.96 Å². The first-order valence-electron chi connectivity index (χ1n) is 14.0. The van der Waals surface area contributed by atoms with Crippen molar-refractivity contribution in [2.75, 3.05) is 13.7 Å². The van der Waals surface area contributed by atoms with E-state index in [0.29, 0.717) is 43.0 Å². The summed E-state index contributed by atoms with van der Waals surface area (Å²) in [6.45, 7) is 1.85. The minimum atomic E-state index is -0.863. The van der Waals surface area contributed by atoms with E-state index < -0.39 is 22.5 Å². The van der Waals surface area contributed by atoms with Gasteiger partial charge in [-0.15, -0.1) is 0 Å². The molecular formula is C33H25N5O6S2. The van der Waals surface area contributed by atoms with Gasteiger partial charge in [-0.1, -0.05) is 59.9 Å². The molecule has 1 aliphatic rings. The number of nitrogens with zero attached hydrogens (tertiary/aromatic N) is 5. The van der Waals surface area contributed by atoms with Crippen molar-refractivity contribution in [3.05, 3.63) is 143 Å². The molecule has 3 aromatic carbocycles. The third-order valence-corrected chi connectivity index (χ3v) is 8.97. The molecule has 0 amide bonds. The zero-order valence-corrected chi connectivity index (χ0v) is 26.2. The molecular weight excluding hydrogens is 627 g/mol. The van der Waals surface area contributed by atoms with Crippen molar-refractivity contribution in [1.82, 2.24) is 14.5 Å². The van der Waals surface area contributed by atoms with Gasteiger partial charge in [-0.05, 0) is 60.2 Å². The minimum Gasteiger partial charge on any atom is -0.497 e. The monoisotopic (exact) mass is 651 g/mol. The maximum absolute atomic E-state index is 14.1. The number of thiazole rings is 1. The Kier molecular flexibility index (Phi) is 8.85. The molecule has 1 atom stereocenters. The Morgan fingerprint density at radius 3 is 2.48 bits per heavy atom. The summed E-state index contributed by atoms with van der Waals surface area (Å²) in [5, 5.41) is 12.4. The molecule has 0 bridgehead atoms. The van der Waals surface area contributed by atoms with Crippen LogP contribution in [0.2, 0.25) is 0 Å². The lowest BCUT2D eigenvalue weighted by Gasteiger charge is -2.26. The number of carbonyl (C=O) groups excluding carboxylic acids is 1. The van der Waals surface area contributed by atoms with Crippen LogP contribution in [0.5, 0.6) is 5.75 Å². The second-order valence-electron chi connectivity index (χ2n) is 9.82. The molecule has 230 valence electrons. The molecule has 0 aliphatic carbocycles. The fourth-order valence-corrected chi connectivity index (χ4v) is 6.78. The molecule has 6 rings (SSSR count). The number of benzene rings is 3. The highest BCUT2D eigenvalue weighted by molar-refractivity contribution is 7.99. The number of carbonyl (C=O) groups is 1. The fraction of sp³-hybridized carbons (Fsp3) is 0.121. The van der Waals surface area contributed by atoms with E-state index in [0.717, 1.165) is 23.1 Å². The van der Waals surface area contributed by atoms with E-state index in [9.17, 15) is 19.7 Å². The number of hydrogen-bond acceptors (Lipinski definition) is 11. The van der Waals surface area contributed by atoms with Gasteiger partial charge < -0.3 is 9.47 Å². The molecule has 0 saturated carbocycles. The fourth-order valence-electron chi connectivity index (χ4n) is 4.98. The van der Waals surface area contributed by atoms with Crippen LogP contribution in [0.4, 0.5) is 5.69 Å². The van der Waals surface area contributed by atoms with Crippen molar-refractivity contribution in [2.45, 2.75) is 23.0 Å². The van der Waals surface area contributed by atoms with E-state index in [1.54, 1.807) is 75.0 Å². The predicted molar refractivity (Wildman–Crippen MR) is 173 cm³/mol. The van der Waals surface area contributed by atoms with Crippen LogP contribution >= 0.6 is 23.1 Å². The second kappa shape index (κ2) is 13.3. The van der Waals surface area contributed by atoms with E-state index in [2.05, 4.69) is 9.97 Å². The quantitative estimate of drug-likeness (QED) is 0.0953. The molecule has 0 radical (unpaired) electrons. The maximum atomic E-state index is 14.1. The van der Waals surface area contributed by atoms with E-state index in [-0.39, 0.29) is 22.4 Å². The standard InChI is InChI=1S/C33H25N5O6S2/c1-3-44-31(40)27-28(21-8-5-4-6-9-21)36-33-37(29(27)22-11-13-23(43-2)14-12-22)30(39)26(46-33)19-20-10-15-25(24(18-20)38(41)42)45-32-34-16-7-17-35-32/h4-19,29H,3H2,1-2H3/b26-19+/t29-/m1/s1. The summed E-state index contributed by atoms with van der Waals surface area (Å²) in [7, 11) is 1.56. The number of nitro benzene ring substituents is 1. The van der Waals surface area contributed by atoms with Gasteiger partial charge in [0.1, 0.15) is 5.75 Å². The smallest absolute Gasteiger partial charge is 0.338 e. The topological polar surface area (TPSA) is 139 Å². The van der Waals surface area contributed by atoms with Crippen LogP contribution in [0.15, 0.2) is 117 Å². The number of esters is 1. The van der Waals surface area contributed by atoms with Crippen molar-refractivity contribution in [3.63, 3.8) is 0 Å². The Labute approximate surface area is 270 Å². The normalized spacial score (nSPS) is 14.4. The van der Waals surface area contributed by atoms with Crippen molar-refractivity contribution in [2.24, 2.45) is 4.99 Å². The lowest BCUT2D eigenvalue weighted by molar-refractivity contribution is -0.387.